The smallest absolute Gasteiger partial charge is 0.211 e. The van der Waals surface area contributed by atoms with E-state index in [1.807, 2.05) is 39.7 Å². The van der Waals surface area contributed by atoms with Crippen LogP contribution in [0.15, 0.2) is 48.9 Å². The number of sulfonamides is 1. The fourth-order valence-corrected chi connectivity index (χ4v) is 5.42. The van der Waals surface area contributed by atoms with E-state index in [1.54, 1.807) is 6.20 Å². The molecule has 0 unspecified atom stereocenters. The quantitative estimate of drug-likeness (QED) is 0.500. The van der Waals surface area contributed by atoms with Gasteiger partial charge in [-0.3, -0.25) is 9.48 Å². The molecule has 0 saturated heterocycles. The summed E-state index contributed by atoms with van der Waals surface area (Å²) in [7, 11) is -3.25. The zero-order valence-electron chi connectivity index (χ0n) is 18.0. The Morgan fingerprint density at radius 3 is 2.73 bits per heavy atom. The van der Waals surface area contributed by atoms with E-state index in [0.717, 1.165) is 39.3 Å². The Morgan fingerprint density at radius 2 is 1.88 bits per heavy atom. The van der Waals surface area contributed by atoms with Gasteiger partial charge < -0.3 is 9.72 Å². The number of aromatic nitrogens is 4. The third-order valence-electron chi connectivity index (χ3n) is 6.30. The minimum absolute atomic E-state index is 0.257. The predicted octanol–water partition coefficient (Wildman–Crippen LogP) is 2.38. The minimum atomic E-state index is -3.25. The van der Waals surface area contributed by atoms with E-state index < -0.39 is 10.0 Å². The summed E-state index contributed by atoms with van der Waals surface area (Å²) in [5.74, 6) is 0.898. The zero-order chi connectivity index (χ0) is 22.7. The molecule has 1 aliphatic carbocycles. The largest absolute Gasteiger partial charge is 0.336 e. The van der Waals surface area contributed by atoms with Crippen LogP contribution in [0, 0.1) is 0 Å². The molecule has 10 heteroatoms. The van der Waals surface area contributed by atoms with Crippen LogP contribution in [0.3, 0.4) is 0 Å². The summed E-state index contributed by atoms with van der Waals surface area (Å²) in [6, 6.07) is 10.1. The Bertz CT molecular complexity index is 1540. The minimum Gasteiger partial charge on any atom is -0.336 e. The SMILES string of the molecule is CS(=O)(=O)N1CCn2nc(Nc3cc(-c4ccc5c(c4)CC(=O)C5)cn4ccnc34)cc2C1. The highest BCUT2D eigenvalue weighted by molar-refractivity contribution is 7.88. The molecular formula is C23H22N6O3S. The van der Waals surface area contributed by atoms with E-state index in [4.69, 9.17) is 0 Å². The van der Waals surface area contributed by atoms with Gasteiger partial charge in [0.15, 0.2) is 11.5 Å². The molecule has 0 saturated carbocycles. The molecule has 0 fully saturated rings. The number of benzene rings is 1. The first-order chi connectivity index (χ1) is 15.8. The van der Waals surface area contributed by atoms with Crippen molar-refractivity contribution in [1.82, 2.24) is 23.5 Å². The van der Waals surface area contributed by atoms with Gasteiger partial charge in [-0.15, -0.1) is 0 Å². The third-order valence-corrected chi connectivity index (χ3v) is 7.55. The van der Waals surface area contributed by atoms with Crippen LogP contribution in [-0.2, 0) is 40.7 Å². The van der Waals surface area contributed by atoms with E-state index in [1.165, 1.54) is 10.6 Å². The predicted molar refractivity (Wildman–Crippen MR) is 124 cm³/mol. The molecule has 6 rings (SSSR count). The molecule has 1 aromatic carbocycles. The molecule has 0 atom stereocenters. The Labute approximate surface area is 190 Å². The Hall–Kier alpha value is -3.50. The van der Waals surface area contributed by atoms with Crippen LogP contribution in [0.1, 0.15) is 16.8 Å². The summed E-state index contributed by atoms with van der Waals surface area (Å²) in [6.07, 6.45) is 7.90. The highest BCUT2D eigenvalue weighted by atomic mass is 32.2. The van der Waals surface area contributed by atoms with Gasteiger partial charge in [-0.25, -0.2) is 13.4 Å². The van der Waals surface area contributed by atoms with E-state index in [9.17, 15) is 13.2 Å². The number of nitrogens with one attached hydrogen (secondary N) is 1. The van der Waals surface area contributed by atoms with Crippen molar-refractivity contribution in [3.8, 4) is 11.1 Å². The number of hydrogen-bond acceptors (Lipinski definition) is 6. The molecule has 9 nitrogen and oxygen atoms in total. The maximum atomic E-state index is 11.9. The first-order valence-corrected chi connectivity index (χ1v) is 12.6. The van der Waals surface area contributed by atoms with Crippen molar-refractivity contribution >= 4 is 33.0 Å². The van der Waals surface area contributed by atoms with Crippen LogP contribution >= 0.6 is 0 Å². The molecule has 1 N–H and O–H groups in total. The van der Waals surface area contributed by atoms with Gasteiger partial charge >= 0.3 is 0 Å². The van der Waals surface area contributed by atoms with Gasteiger partial charge in [0.25, 0.3) is 0 Å². The molecule has 3 aromatic heterocycles. The molecule has 4 aromatic rings. The Balaban J connectivity index is 1.35. The lowest BCUT2D eigenvalue weighted by atomic mass is 10.0. The second kappa shape index (κ2) is 7.26. The van der Waals surface area contributed by atoms with Gasteiger partial charge in [-0.2, -0.15) is 9.40 Å². The number of Topliss-reactive ketones (excluding diaryl/α,β-unsaturated/α-hetero) is 1. The highest BCUT2D eigenvalue weighted by Gasteiger charge is 2.25. The number of anilines is 2. The molecule has 4 heterocycles. The molecule has 2 aliphatic rings. The van der Waals surface area contributed by atoms with E-state index in [2.05, 4.69) is 27.5 Å². The van der Waals surface area contributed by atoms with Crippen molar-refractivity contribution in [2.24, 2.45) is 0 Å². The third kappa shape index (κ3) is 3.61. The number of carbonyl (C=O) groups is 1. The van der Waals surface area contributed by atoms with E-state index in [-0.39, 0.29) is 5.78 Å². The number of pyridine rings is 1. The van der Waals surface area contributed by atoms with E-state index in [0.29, 0.717) is 38.3 Å². The highest BCUT2D eigenvalue weighted by Crippen LogP contribution is 2.31. The van der Waals surface area contributed by atoms with Crippen molar-refractivity contribution in [2.45, 2.75) is 25.9 Å². The summed E-state index contributed by atoms with van der Waals surface area (Å²) in [4.78, 5) is 16.3. The number of nitrogens with zero attached hydrogens (tertiary/aromatic N) is 5. The van der Waals surface area contributed by atoms with E-state index >= 15 is 0 Å². The zero-order valence-corrected chi connectivity index (χ0v) is 18.8. The molecular weight excluding hydrogens is 440 g/mol. The van der Waals surface area contributed by atoms with Gasteiger partial charge in [0, 0.05) is 49.6 Å². The number of rotatable bonds is 4. The normalized spacial score (nSPS) is 16.2. The summed E-state index contributed by atoms with van der Waals surface area (Å²) < 4.78 is 29.1. The maximum absolute atomic E-state index is 11.9. The van der Waals surface area contributed by atoms with Gasteiger partial charge in [0.1, 0.15) is 5.78 Å². The lowest BCUT2D eigenvalue weighted by molar-refractivity contribution is -0.117. The number of hydrogen-bond donors (Lipinski definition) is 1. The lowest BCUT2D eigenvalue weighted by Gasteiger charge is -2.25. The second-order valence-corrected chi connectivity index (χ2v) is 10.6. The summed E-state index contributed by atoms with van der Waals surface area (Å²) in [5.41, 5.74) is 6.64. The van der Waals surface area contributed by atoms with Crippen LogP contribution < -0.4 is 5.32 Å². The lowest BCUT2D eigenvalue weighted by Crippen LogP contribution is -2.37. The first-order valence-electron chi connectivity index (χ1n) is 10.7. The van der Waals surface area contributed by atoms with Crippen molar-refractivity contribution in [1.29, 1.82) is 0 Å². The average Bonchev–Trinajstić information content (AvgIpc) is 3.48. The molecule has 0 bridgehead atoms. The molecule has 168 valence electrons. The van der Waals surface area contributed by atoms with Gasteiger partial charge in [-0.05, 0) is 22.8 Å². The van der Waals surface area contributed by atoms with Crippen molar-refractivity contribution in [3.63, 3.8) is 0 Å². The molecule has 1 aliphatic heterocycles. The van der Waals surface area contributed by atoms with Crippen LogP contribution in [0.25, 0.3) is 16.8 Å². The Morgan fingerprint density at radius 1 is 1.03 bits per heavy atom. The van der Waals surface area contributed by atoms with Crippen molar-refractivity contribution < 1.29 is 13.2 Å². The number of ketones is 1. The van der Waals surface area contributed by atoms with Crippen molar-refractivity contribution in [2.75, 3.05) is 18.1 Å². The van der Waals surface area contributed by atoms with Crippen LogP contribution in [-0.4, -0.2) is 50.5 Å². The fourth-order valence-electron chi connectivity index (χ4n) is 4.64. The topological polar surface area (TPSA) is 102 Å². The number of imidazole rings is 1. The molecule has 0 spiro atoms. The van der Waals surface area contributed by atoms with Gasteiger partial charge in [0.2, 0.25) is 10.0 Å². The number of fused-ring (bicyclic) bond motifs is 3. The Kier molecular flexibility index (Phi) is 4.43. The second-order valence-electron chi connectivity index (χ2n) is 8.64. The van der Waals surface area contributed by atoms with Crippen LogP contribution in [0.5, 0.6) is 0 Å². The van der Waals surface area contributed by atoms with Crippen molar-refractivity contribution in [3.05, 3.63) is 65.7 Å². The summed E-state index contributed by atoms with van der Waals surface area (Å²) in [6.45, 7) is 1.23. The molecule has 0 amide bonds. The van der Waals surface area contributed by atoms with Gasteiger partial charge in [-0.1, -0.05) is 18.2 Å². The van der Waals surface area contributed by atoms with Crippen LogP contribution in [0.2, 0.25) is 0 Å². The van der Waals surface area contributed by atoms with Gasteiger partial charge in [0.05, 0.1) is 30.7 Å². The maximum Gasteiger partial charge on any atom is 0.211 e. The molecule has 33 heavy (non-hydrogen) atoms. The average molecular weight is 463 g/mol. The fraction of sp³-hybridized carbons (Fsp3) is 0.261. The summed E-state index contributed by atoms with van der Waals surface area (Å²) >= 11 is 0. The van der Waals surface area contributed by atoms with Crippen LogP contribution in [0.4, 0.5) is 11.5 Å². The first kappa shape index (κ1) is 20.1. The summed E-state index contributed by atoms with van der Waals surface area (Å²) in [5, 5.41) is 8.00. The monoisotopic (exact) mass is 462 g/mol. The number of carbonyl (C=O) groups excluding carboxylic acids is 1. The molecule has 0 radical (unpaired) electrons. The standard InChI is InChI=1S/C23H22N6O3S/c1-33(31,32)28-6-7-29-19(14-28)12-22(26-29)25-21-11-18(13-27-5-4-24-23(21)27)15-2-3-16-9-20(30)10-17(16)8-15/h2-5,8,11-13H,6-7,9-10,14H2,1H3,(H,25,26).